The zero-order valence-corrected chi connectivity index (χ0v) is 62.7. The molecule has 0 aromatic carbocycles. The van der Waals surface area contributed by atoms with Gasteiger partial charge in [-0.2, -0.15) is 0 Å². The van der Waals surface area contributed by atoms with Crippen molar-refractivity contribution in [3.8, 4) is 0 Å². The van der Waals surface area contributed by atoms with Crippen LogP contribution in [-0.2, 0) is 282 Å². The molecule has 0 N–H and O–H groups in total. The van der Waals surface area contributed by atoms with E-state index < -0.39 is 201 Å². The maximum atomic E-state index is 8.65. The van der Waals surface area contributed by atoms with Crippen molar-refractivity contribution in [3.63, 3.8) is 0 Å². The van der Waals surface area contributed by atoms with Crippen LogP contribution in [0.4, 0.5) is 0 Å². The predicted octanol–water partition coefficient (Wildman–Crippen LogP) is -34.2. The summed E-state index contributed by atoms with van der Waals surface area (Å²) in [6.45, 7) is 0. The van der Waals surface area contributed by atoms with Gasteiger partial charge in [-0.05, 0) is 0 Å². The molecule has 0 rings (SSSR count). The van der Waals surface area contributed by atoms with Crippen LogP contribution in [0.5, 0.6) is 0 Å². The van der Waals surface area contributed by atoms with Crippen LogP contribution in [-0.4, -0.2) is 0 Å². The molecule has 0 bridgehead atoms. The van der Waals surface area contributed by atoms with Gasteiger partial charge in [-0.15, -0.1) is 0 Å². The van der Waals surface area contributed by atoms with Gasteiger partial charge in [0.05, 0.1) is 0 Å². The molecule has 48 nitrogen and oxygen atoms in total. The summed E-state index contributed by atoms with van der Waals surface area (Å²) in [6, 6.07) is 0. The Morgan fingerprint density at radius 3 is 0.131 bits per heavy atom. The van der Waals surface area contributed by atoms with E-state index in [2.05, 4.69) is 0 Å². The molecule has 0 amide bonds. The fraction of sp³-hybridized carbons (Fsp3) is 0. The van der Waals surface area contributed by atoms with Crippen LogP contribution in [0.3, 0.4) is 0 Å². The summed E-state index contributed by atoms with van der Waals surface area (Å²) >= 11 is -74.0. The van der Waals surface area contributed by atoms with E-state index in [-0.39, 0.29) is 32.4 Å². The summed E-state index contributed by atoms with van der Waals surface area (Å²) in [5, 5.41) is 0. The SMILES string of the molecule is [H+].[H+].[Na+].[O]=[W](=[O])([O-])[O-].[O]=[W](=[O])([O-])[O-].[O]=[W](=[O])([O-])[O-].[O]=[W](=[O])([O-])[O-].[O]=[W](=[O])([O-])[O-].[O]=[W](=[O])([O-])[O-].[O]=[W](=[O])([O-])[O-].[O]=[W](=[O])([O-])[O-].[O]=[W](=[O])([O-])[O-].[O]=[W](=[O])([O-])[O-].[O]=[W](=[O])([O-])[O-].[O]=[W](=[O])([O-])[O-]. The Kier molecular flexibility index (Phi) is 70.0. The second-order valence-electron chi connectivity index (χ2n) is 4.90. The Morgan fingerprint density at radius 2 is 0.131 bits per heavy atom. The van der Waals surface area contributed by atoms with Crippen LogP contribution in [0.1, 0.15) is 2.85 Å². The normalized spacial score (nSPS) is 11.4. The summed E-state index contributed by atoms with van der Waals surface area (Å²) in [5.41, 5.74) is 0. The topological polar surface area (TPSA) is 963 Å². The van der Waals surface area contributed by atoms with Gasteiger partial charge >= 0.3 is 405 Å². The van der Waals surface area contributed by atoms with Gasteiger partial charge in [0.15, 0.2) is 0 Å². The van der Waals surface area contributed by atoms with Crippen molar-refractivity contribution in [2.24, 2.45) is 0 Å². The first kappa shape index (κ1) is 98.1. The van der Waals surface area contributed by atoms with Crippen molar-refractivity contribution in [2.75, 3.05) is 0 Å². The van der Waals surface area contributed by atoms with E-state index in [1.807, 2.05) is 0 Å². The van der Waals surface area contributed by atoms with Crippen molar-refractivity contribution in [2.45, 2.75) is 0 Å². The Hall–Kier alpha value is 3.50. The van der Waals surface area contributed by atoms with Crippen molar-refractivity contribution < 1.29 is 405 Å². The van der Waals surface area contributed by atoms with Gasteiger partial charge in [0, 0.05) is 0 Å². The number of hydrogen-bond acceptors (Lipinski definition) is 48. The first-order valence-electron chi connectivity index (χ1n) is 8.00. The Labute approximate surface area is 398 Å². The molecule has 0 aliphatic rings. The molecular formula is H2NaO48W12-21. The van der Waals surface area contributed by atoms with Gasteiger partial charge in [-0.1, -0.05) is 0 Å². The minimum atomic E-state index is -6.17. The predicted molar refractivity (Wildman–Crippen MR) is 18.7 cm³/mol. The first-order valence-corrected chi connectivity index (χ1v) is 65.5. The molecule has 0 atom stereocenters. The van der Waals surface area contributed by atoms with E-state index in [1.54, 1.807) is 0 Å². The summed E-state index contributed by atoms with van der Waals surface area (Å²) in [6.07, 6.45) is 0. The van der Waals surface area contributed by atoms with E-state index in [0.717, 1.165) is 0 Å². The molecular weight excluding hydrogens is 3000 g/mol. The van der Waals surface area contributed by atoms with Crippen LogP contribution >= 0.6 is 0 Å². The quantitative estimate of drug-likeness (QED) is 0.203. The van der Waals surface area contributed by atoms with Gasteiger partial charge < -0.3 is 0 Å². The molecule has 0 saturated heterocycles. The van der Waals surface area contributed by atoms with Crippen LogP contribution < -0.4 is 120 Å². The molecule has 0 aromatic rings. The van der Waals surface area contributed by atoms with Gasteiger partial charge in [0.2, 0.25) is 0 Å². The zero-order chi connectivity index (χ0) is 54.0. The van der Waals surface area contributed by atoms with E-state index in [1.165, 1.54) is 0 Å². The second-order valence-corrected chi connectivity index (χ2v) is 40.1. The Morgan fingerprint density at radius 1 is 0.131 bits per heavy atom. The van der Waals surface area contributed by atoms with E-state index in [4.69, 9.17) is 172 Å². The monoisotopic (exact) mass is 3000 g/mol. The fourth-order valence-corrected chi connectivity index (χ4v) is 0. The molecule has 61 heteroatoms. The van der Waals surface area contributed by atoms with Gasteiger partial charge in [-0.25, -0.2) is 0 Å². The maximum absolute atomic E-state index is 8.65. The summed E-state index contributed by atoms with van der Waals surface area (Å²) in [7, 11) is 0. The standard InChI is InChI=1S/Na.48O.12W/q+1;;;;;;;;;;;;;;;;;;;;;;;;;24*-1;;;;;;;;;;;;/p+2. The van der Waals surface area contributed by atoms with Crippen LogP contribution in [0, 0.1) is 0 Å². The molecule has 0 saturated carbocycles. The number of hydrogen-bond donors (Lipinski definition) is 0. The molecule has 0 heterocycles. The van der Waals surface area contributed by atoms with E-state index in [9.17, 15) is 0 Å². The van der Waals surface area contributed by atoms with E-state index >= 15 is 0 Å². The molecule has 0 fully saturated rings. The third-order valence-corrected chi connectivity index (χ3v) is 0. The zero-order valence-electron chi connectivity index (χ0n) is 27.5. The van der Waals surface area contributed by atoms with Gasteiger partial charge in [0.25, 0.3) is 0 Å². The summed E-state index contributed by atoms with van der Waals surface area (Å²) in [4.78, 5) is 0. The van der Waals surface area contributed by atoms with Gasteiger partial charge in [-0.3, -0.25) is 0 Å². The van der Waals surface area contributed by atoms with E-state index in [0.29, 0.717) is 0 Å². The molecule has 0 radical (unpaired) electrons. The van der Waals surface area contributed by atoms with Crippen molar-refractivity contribution in [1.29, 1.82) is 0 Å². The molecule has 384 valence electrons. The van der Waals surface area contributed by atoms with Crippen LogP contribution in [0.15, 0.2) is 0 Å². The number of rotatable bonds is 0. The van der Waals surface area contributed by atoms with Crippen molar-refractivity contribution >= 4 is 0 Å². The summed E-state index contributed by atoms with van der Waals surface area (Å²) < 4.78 is 415. The minimum absolute atomic E-state index is 0. The van der Waals surface area contributed by atoms with Crippen molar-refractivity contribution in [1.82, 2.24) is 0 Å². The van der Waals surface area contributed by atoms with Crippen molar-refractivity contribution in [3.05, 3.63) is 0 Å². The van der Waals surface area contributed by atoms with Crippen LogP contribution in [0.25, 0.3) is 0 Å². The van der Waals surface area contributed by atoms with Crippen LogP contribution in [0.2, 0.25) is 0 Å². The molecule has 0 spiro atoms. The van der Waals surface area contributed by atoms with Gasteiger partial charge in [0.1, 0.15) is 0 Å². The third kappa shape index (κ3) is 19600. The molecule has 0 aliphatic carbocycles. The first-order chi connectivity index (χ1) is 24.0. The molecule has 61 heavy (non-hydrogen) atoms. The molecule has 0 aliphatic heterocycles. The fourth-order valence-electron chi connectivity index (χ4n) is 0. The molecule has 0 unspecified atom stereocenters. The third-order valence-electron chi connectivity index (χ3n) is 0. The Balaban J connectivity index is -0.0000000306. The molecule has 0 aromatic heterocycles. The summed E-state index contributed by atoms with van der Waals surface area (Å²) in [5.74, 6) is 0. The average molecular weight is 3000 g/mol. The average Bonchev–Trinajstić information content (AvgIpc) is 2.48. The second kappa shape index (κ2) is 43.5. The Bertz CT molecular complexity index is 1710.